The number of benzene rings is 2. The molecule has 2 aromatic carbocycles. The standard InChI is InChI=1S/C16H17NOS2/c1-3-16(18)17-20(19-2,14-10-6-4-7-11-14)15-12-8-5-9-13-15/h3-13H,1H2,2H3,(H,17,18). The molecule has 0 spiro atoms. The average molecular weight is 303 g/mol. The van der Waals surface area contributed by atoms with Crippen LogP contribution in [-0.2, 0) is 4.79 Å². The Bertz CT molecular complexity index is 544. The van der Waals surface area contributed by atoms with Crippen molar-refractivity contribution < 1.29 is 4.79 Å². The van der Waals surface area contributed by atoms with Gasteiger partial charge in [0.05, 0.1) is 0 Å². The second-order valence-corrected chi connectivity index (χ2v) is 9.11. The molecule has 2 nitrogen and oxygen atoms in total. The molecule has 0 aliphatic heterocycles. The lowest BCUT2D eigenvalue weighted by atomic mass is 10.4. The minimum absolute atomic E-state index is 0.151. The Morgan fingerprint density at radius 1 is 1.05 bits per heavy atom. The van der Waals surface area contributed by atoms with E-state index >= 15 is 0 Å². The number of nitrogens with one attached hydrogen (secondary N) is 1. The molecule has 0 atom stereocenters. The third-order valence-corrected chi connectivity index (χ3v) is 8.60. The summed E-state index contributed by atoms with van der Waals surface area (Å²) in [5, 5.41) is 0. The van der Waals surface area contributed by atoms with Gasteiger partial charge in [-0.15, -0.1) is 0 Å². The Morgan fingerprint density at radius 2 is 1.50 bits per heavy atom. The molecule has 0 aliphatic carbocycles. The average Bonchev–Trinajstić information content (AvgIpc) is 2.54. The molecule has 0 bridgehead atoms. The molecule has 2 rings (SSSR count). The zero-order valence-corrected chi connectivity index (χ0v) is 12.9. The van der Waals surface area contributed by atoms with E-state index in [-0.39, 0.29) is 5.91 Å². The van der Waals surface area contributed by atoms with Crippen LogP contribution in [0.3, 0.4) is 0 Å². The van der Waals surface area contributed by atoms with Gasteiger partial charge in [-0.3, -0.25) is 9.52 Å². The topological polar surface area (TPSA) is 29.1 Å². The Hall–Kier alpha value is -1.65. The number of carbonyl (C=O) groups excluding carboxylic acids is 1. The molecule has 0 aromatic heterocycles. The summed E-state index contributed by atoms with van der Waals surface area (Å²) in [5.74, 6) is -0.151. The summed E-state index contributed by atoms with van der Waals surface area (Å²) in [6, 6.07) is 20.2. The van der Waals surface area contributed by atoms with Gasteiger partial charge in [0, 0.05) is 9.79 Å². The fourth-order valence-electron chi connectivity index (χ4n) is 1.90. The van der Waals surface area contributed by atoms with Crippen LogP contribution >= 0.6 is 20.0 Å². The van der Waals surface area contributed by atoms with Gasteiger partial charge in [0.2, 0.25) is 0 Å². The van der Waals surface area contributed by atoms with Crippen molar-refractivity contribution in [2.24, 2.45) is 0 Å². The van der Waals surface area contributed by atoms with Crippen molar-refractivity contribution in [1.29, 1.82) is 0 Å². The highest BCUT2D eigenvalue weighted by Crippen LogP contribution is 2.67. The molecule has 2 aromatic rings. The Balaban J connectivity index is 2.58. The van der Waals surface area contributed by atoms with Gasteiger partial charge in [-0.05, 0) is 36.6 Å². The van der Waals surface area contributed by atoms with Gasteiger partial charge in [0.15, 0.2) is 0 Å². The lowest BCUT2D eigenvalue weighted by molar-refractivity contribution is -0.114. The van der Waals surface area contributed by atoms with E-state index < -0.39 is 9.25 Å². The van der Waals surface area contributed by atoms with Crippen molar-refractivity contribution in [1.82, 2.24) is 4.72 Å². The SMILES string of the molecule is C=CC(=O)NS(SC)(c1ccccc1)c1ccccc1. The van der Waals surface area contributed by atoms with Crippen LogP contribution in [0.15, 0.2) is 83.1 Å². The summed E-state index contributed by atoms with van der Waals surface area (Å²) in [6.45, 7) is 3.56. The van der Waals surface area contributed by atoms with E-state index in [2.05, 4.69) is 35.6 Å². The van der Waals surface area contributed by atoms with Gasteiger partial charge in [0.25, 0.3) is 5.91 Å². The van der Waals surface area contributed by atoms with Crippen LogP contribution in [0, 0.1) is 0 Å². The molecule has 104 valence electrons. The largest absolute Gasteiger partial charge is 0.298 e. The van der Waals surface area contributed by atoms with Gasteiger partial charge in [-0.1, -0.05) is 63.0 Å². The van der Waals surface area contributed by atoms with Crippen LogP contribution in [0.25, 0.3) is 0 Å². The van der Waals surface area contributed by atoms with Crippen molar-refractivity contribution in [2.75, 3.05) is 6.26 Å². The number of rotatable bonds is 5. The van der Waals surface area contributed by atoms with E-state index in [1.165, 1.54) is 6.08 Å². The van der Waals surface area contributed by atoms with Crippen molar-refractivity contribution in [3.63, 3.8) is 0 Å². The second-order valence-electron chi connectivity index (χ2n) is 4.02. The van der Waals surface area contributed by atoms with Crippen molar-refractivity contribution in [3.05, 3.63) is 73.3 Å². The van der Waals surface area contributed by atoms with Crippen LogP contribution < -0.4 is 4.72 Å². The first kappa shape index (κ1) is 14.8. The highest BCUT2D eigenvalue weighted by molar-refractivity contribution is 8.93. The molecule has 1 amide bonds. The number of amides is 1. The van der Waals surface area contributed by atoms with Crippen molar-refractivity contribution >= 4 is 25.9 Å². The number of hydrogen-bond acceptors (Lipinski definition) is 2. The van der Waals surface area contributed by atoms with Crippen molar-refractivity contribution in [3.8, 4) is 0 Å². The zero-order chi connectivity index (χ0) is 14.4. The molecule has 4 heteroatoms. The van der Waals surface area contributed by atoms with E-state index in [9.17, 15) is 4.79 Å². The van der Waals surface area contributed by atoms with Crippen LogP contribution in [0.4, 0.5) is 0 Å². The summed E-state index contributed by atoms with van der Waals surface area (Å²) in [7, 11) is 0.0136. The molecule has 0 heterocycles. The Morgan fingerprint density at radius 3 is 1.85 bits per heavy atom. The summed E-state index contributed by atoms with van der Waals surface area (Å²) < 4.78 is 3.15. The zero-order valence-electron chi connectivity index (χ0n) is 11.3. The lowest BCUT2D eigenvalue weighted by Crippen LogP contribution is -2.24. The van der Waals surface area contributed by atoms with E-state index in [4.69, 9.17) is 0 Å². The number of hydrogen-bond donors (Lipinski definition) is 1. The minimum atomic E-state index is -1.66. The maximum absolute atomic E-state index is 11.9. The molecule has 0 aliphatic rings. The Kier molecular flexibility index (Phi) is 4.93. The molecule has 0 fully saturated rings. The van der Waals surface area contributed by atoms with Crippen LogP contribution in [0.2, 0.25) is 0 Å². The summed E-state index contributed by atoms with van der Waals surface area (Å²) in [5.41, 5.74) is 0. The normalized spacial score (nSPS) is 11.7. The first-order valence-corrected chi connectivity index (χ1v) is 9.53. The van der Waals surface area contributed by atoms with Gasteiger partial charge in [-0.2, -0.15) is 0 Å². The van der Waals surface area contributed by atoms with Gasteiger partial charge in [-0.25, -0.2) is 0 Å². The molecule has 0 saturated carbocycles. The fraction of sp³-hybridized carbons (Fsp3) is 0.0625. The van der Waals surface area contributed by atoms with Gasteiger partial charge < -0.3 is 0 Å². The van der Waals surface area contributed by atoms with E-state index in [1.807, 2.05) is 42.7 Å². The highest BCUT2D eigenvalue weighted by atomic mass is 33.2. The fourth-order valence-corrected chi connectivity index (χ4v) is 6.64. The van der Waals surface area contributed by atoms with E-state index in [1.54, 1.807) is 10.8 Å². The predicted octanol–water partition coefficient (Wildman–Crippen LogP) is 4.40. The molecule has 0 unspecified atom stereocenters. The van der Waals surface area contributed by atoms with Gasteiger partial charge in [0.1, 0.15) is 0 Å². The third-order valence-electron chi connectivity index (χ3n) is 2.83. The first-order chi connectivity index (χ1) is 9.73. The van der Waals surface area contributed by atoms with E-state index in [0.717, 1.165) is 9.79 Å². The monoisotopic (exact) mass is 303 g/mol. The van der Waals surface area contributed by atoms with Crippen LogP contribution in [0.1, 0.15) is 0 Å². The molecule has 20 heavy (non-hydrogen) atoms. The molecule has 0 radical (unpaired) electrons. The molecular formula is C16H17NOS2. The molecular weight excluding hydrogens is 286 g/mol. The molecule has 1 N–H and O–H groups in total. The maximum atomic E-state index is 11.9. The van der Waals surface area contributed by atoms with Crippen LogP contribution in [0.5, 0.6) is 0 Å². The third kappa shape index (κ3) is 2.92. The first-order valence-electron chi connectivity index (χ1n) is 6.16. The number of carbonyl (C=O) groups is 1. The second kappa shape index (κ2) is 6.68. The Labute approximate surface area is 125 Å². The van der Waals surface area contributed by atoms with E-state index in [0.29, 0.717) is 0 Å². The summed E-state index contributed by atoms with van der Waals surface area (Å²) in [4.78, 5) is 14.1. The predicted molar refractivity (Wildman–Crippen MR) is 88.9 cm³/mol. The summed E-state index contributed by atoms with van der Waals surface area (Å²) in [6.07, 6.45) is 3.35. The lowest BCUT2D eigenvalue weighted by Gasteiger charge is -2.39. The maximum Gasteiger partial charge on any atom is 0.253 e. The van der Waals surface area contributed by atoms with Crippen molar-refractivity contribution in [2.45, 2.75) is 9.79 Å². The summed E-state index contributed by atoms with van der Waals surface area (Å²) >= 11 is 0. The van der Waals surface area contributed by atoms with Gasteiger partial charge >= 0.3 is 0 Å². The van der Waals surface area contributed by atoms with Crippen LogP contribution in [-0.4, -0.2) is 12.2 Å². The quantitative estimate of drug-likeness (QED) is 0.655. The molecule has 0 saturated heterocycles. The minimum Gasteiger partial charge on any atom is -0.298 e. The smallest absolute Gasteiger partial charge is 0.253 e. The highest BCUT2D eigenvalue weighted by Gasteiger charge is 2.29.